The summed E-state index contributed by atoms with van der Waals surface area (Å²) in [5.74, 6) is -0.0625. The summed E-state index contributed by atoms with van der Waals surface area (Å²) >= 11 is 9.48. The Morgan fingerprint density at radius 1 is 1.29 bits per heavy atom. The van der Waals surface area contributed by atoms with Gasteiger partial charge in [0.05, 0.1) is 16.3 Å². The summed E-state index contributed by atoms with van der Waals surface area (Å²) < 4.78 is 0.820. The van der Waals surface area contributed by atoms with Crippen molar-refractivity contribution in [2.24, 2.45) is 0 Å². The third kappa shape index (κ3) is 3.39. The van der Waals surface area contributed by atoms with E-state index in [2.05, 4.69) is 15.9 Å². The molecule has 2 aromatic rings. The van der Waals surface area contributed by atoms with Crippen molar-refractivity contribution in [3.05, 3.63) is 57.0 Å². The van der Waals surface area contributed by atoms with E-state index >= 15 is 0 Å². The lowest BCUT2D eigenvalue weighted by atomic mass is 10.1. The van der Waals surface area contributed by atoms with Crippen LogP contribution in [-0.2, 0) is 0 Å². The molecule has 1 N–H and O–H groups in total. The van der Waals surface area contributed by atoms with Gasteiger partial charge in [-0.3, -0.25) is 4.79 Å². The van der Waals surface area contributed by atoms with Gasteiger partial charge in [-0.15, -0.1) is 0 Å². The number of hydrogen-bond donors (Lipinski definition) is 1. The van der Waals surface area contributed by atoms with Crippen LogP contribution in [-0.4, -0.2) is 17.6 Å². The Hall–Kier alpha value is -1.52. The molecule has 0 aliphatic carbocycles. The van der Waals surface area contributed by atoms with Crippen LogP contribution in [0.2, 0.25) is 5.02 Å². The van der Waals surface area contributed by atoms with Crippen molar-refractivity contribution in [1.29, 1.82) is 0 Å². The molecule has 2 aromatic carbocycles. The van der Waals surface area contributed by atoms with Crippen LogP contribution in [0.4, 0.5) is 5.69 Å². The Labute approximate surface area is 137 Å². The highest BCUT2D eigenvalue weighted by Gasteiger charge is 2.20. The van der Waals surface area contributed by atoms with Gasteiger partial charge in [0, 0.05) is 17.1 Å². The van der Waals surface area contributed by atoms with E-state index in [4.69, 9.17) is 11.6 Å². The van der Waals surface area contributed by atoms with Crippen LogP contribution in [0.3, 0.4) is 0 Å². The molecule has 110 valence electrons. The second-order valence-corrected chi connectivity index (χ2v) is 5.97. The average Bonchev–Trinajstić information content (AvgIpc) is 2.43. The summed E-state index contributed by atoms with van der Waals surface area (Å²) in [6, 6.07) is 10.1. The minimum atomic E-state index is -0.191. The van der Waals surface area contributed by atoms with Crippen molar-refractivity contribution in [2.75, 3.05) is 11.4 Å². The third-order valence-corrected chi connectivity index (χ3v) is 4.01. The molecular weight excluding hydrogens is 354 g/mol. The largest absolute Gasteiger partial charge is 0.508 e. The summed E-state index contributed by atoms with van der Waals surface area (Å²) in [5.41, 5.74) is 2.03. The molecule has 2 rings (SSSR count). The zero-order valence-electron chi connectivity index (χ0n) is 11.7. The highest BCUT2D eigenvalue weighted by Crippen LogP contribution is 2.28. The molecular formula is C16H15BrClNO2. The molecule has 1 amide bonds. The Morgan fingerprint density at radius 2 is 2.00 bits per heavy atom. The number of nitrogens with zero attached hydrogens (tertiary/aromatic N) is 1. The van der Waals surface area contributed by atoms with Crippen LogP contribution in [0.5, 0.6) is 5.75 Å². The zero-order valence-corrected chi connectivity index (χ0v) is 14.1. The normalized spacial score (nSPS) is 10.5. The first-order valence-corrected chi connectivity index (χ1v) is 7.67. The van der Waals surface area contributed by atoms with E-state index in [1.165, 1.54) is 0 Å². The number of benzene rings is 2. The number of phenols is 1. The Balaban J connectivity index is 2.45. The smallest absolute Gasteiger partial charge is 0.259 e. The van der Waals surface area contributed by atoms with Crippen LogP contribution in [0.25, 0.3) is 0 Å². The van der Waals surface area contributed by atoms with Crippen LogP contribution < -0.4 is 4.90 Å². The van der Waals surface area contributed by atoms with Crippen molar-refractivity contribution >= 4 is 39.1 Å². The number of aryl methyl sites for hydroxylation is 1. The zero-order chi connectivity index (χ0) is 15.6. The molecule has 0 radical (unpaired) electrons. The number of carbonyl (C=O) groups is 1. The third-order valence-electron chi connectivity index (χ3n) is 3.21. The van der Waals surface area contributed by atoms with Crippen molar-refractivity contribution in [3.63, 3.8) is 0 Å². The fourth-order valence-corrected chi connectivity index (χ4v) is 2.87. The number of halogens is 2. The van der Waals surface area contributed by atoms with Crippen LogP contribution in [0.1, 0.15) is 22.8 Å². The average molecular weight is 369 g/mol. The van der Waals surface area contributed by atoms with E-state index in [1.54, 1.807) is 41.3 Å². The second kappa shape index (κ2) is 6.50. The Bertz CT molecular complexity index is 688. The molecule has 0 atom stereocenters. The number of amides is 1. The van der Waals surface area contributed by atoms with Crippen molar-refractivity contribution < 1.29 is 9.90 Å². The molecule has 0 unspecified atom stereocenters. The quantitative estimate of drug-likeness (QED) is 0.846. The van der Waals surface area contributed by atoms with Gasteiger partial charge in [-0.2, -0.15) is 0 Å². The van der Waals surface area contributed by atoms with Crippen LogP contribution >= 0.6 is 27.5 Å². The van der Waals surface area contributed by atoms with Gasteiger partial charge < -0.3 is 10.0 Å². The maximum atomic E-state index is 12.7. The second-order valence-electron chi connectivity index (χ2n) is 4.64. The van der Waals surface area contributed by atoms with Gasteiger partial charge in [0.25, 0.3) is 5.91 Å². The molecule has 0 spiro atoms. The molecule has 0 fully saturated rings. The lowest BCUT2D eigenvalue weighted by molar-refractivity contribution is 0.0988. The minimum absolute atomic E-state index is 0.128. The molecule has 0 aliphatic heterocycles. The van der Waals surface area contributed by atoms with E-state index in [0.717, 1.165) is 10.0 Å². The van der Waals surface area contributed by atoms with Gasteiger partial charge in [-0.05, 0) is 43.7 Å². The molecule has 0 saturated carbocycles. The van der Waals surface area contributed by atoms with E-state index in [1.807, 2.05) is 13.8 Å². The van der Waals surface area contributed by atoms with Gasteiger partial charge in [-0.25, -0.2) is 0 Å². The fourth-order valence-electron chi connectivity index (χ4n) is 2.12. The van der Waals surface area contributed by atoms with Gasteiger partial charge in [0.2, 0.25) is 0 Å². The van der Waals surface area contributed by atoms with Gasteiger partial charge >= 0.3 is 0 Å². The summed E-state index contributed by atoms with van der Waals surface area (Å²) in [5, 5.41) is 10.0. The minimum Gasteiger partial charge on any atom is -0.508 e. The SMILES string of the molecule is CCN(C(=O)c1ccc(Br)cc1Cl)c1cc(O)ccc1C. The lowest BCUT2D eigenvalue weighted by Crippen LogP contribution is -2.31. The highest BCUT2D eigenvalue weighted by atomic mass is 79.9. The molecule has 0 aromatic heterocycles. The molecule has 5 heteroatoms. The maximum absolute atomic E-state index is 12.7. The summed E-state index contributed by atoms with van der Waals surface area (Å²) in [6.07, 6.45) is 0. The molecule has 0 bridgehead atoms. The van der Waals surface area contributed by atoms with Crippen molar-refractivity contribution in [2.45, 2.75) is 13.8 Å². The van der Waals surface area contributed by atoms with Gasteiger partial charge in [0.1, 0.15) is 5.75 Å². The van der Waals surface area contributed by atoms with Crippen LogP contribution in [0, 0.1) is 6.92 Å². The fraction of sp³-hybridized carbons (Fsp3) is 0.188. The van der Waals surface area contributed by atoms with E-state index in [0.29, 0.717) is 22.8 Å². The molecule has 0 heterocycles. The van der Waals surface area contributed by atoms with E-state index in [-0.39, 0.29) is 11.7 Å². The molecule has 21 heavy (non-hydrogen) atoms. The summed E-state index contributed by atoms with van der Waals surface area (Å²) in [4.78, 5) is 14.3. The number of phenolic OH excluding ortho intramolecular Hbond substituents is 1. The van der Waals surface area contributed by atoms with E-state index < -0.39 is 0 Å². The number of carbonyl (C=O) groups excluding carboxylic acids is 1. The van der Waals surface area contributed by atoms with E-state index in [9.17, 15) is 9.90 Å². The maximum Gasteiger partial charge on any atom is 0.259 e. The monoisotopic (exact) mass is 367 g/mol. The predicted molar refractivity (Wildman–Crippen MR) is 89.3 cm³/mol. The van der Waals surface area contributed by atoms with Crippen molar-refractivity contribution in [1.82, 2.24) is 0 Å². The standard InChI is InChI=1S/C16H15BrClNO2/c1-3-19(15-9-12(20)6-4-10(15)2)16(21)13-7-5-11(17)8-14(13)18/h4-9,20H,3H2,1-2H3. The topological polar surface area (TPSA) is 40.5 Å². The first-order valence-electron chi connectivity index (χ1n) is 6.50. The Morgan fingerprint density at radius 3 is 2.62 bits per heavy atom. The van der Waals surface area contributed by atoms with Crippen LogP contribution in [0.15, 0.2) is 40.9 Å². The summed E-state index contributed by atoms with van der Waals surface area (Å²) in [7, 11) is 0. The highest BCUT2D eigenvalue weighted by molar-refractivity contribution is 9.10. The number of rotatable bonds is 3. The first kappa shape index (κ1) is 15.9. The number of anilines is 1. The molecule has 0 aliphatic rings. The first-order chi connectivity index (χ1) is 9.93. The predicted octanol–water partition coefficient (Wildman–Crippen LogP) is 4.78. The summed E-state index contributed by atoms with van der Waals surface area (Å²) in [6.45, 7) is 4.26. The van der Waals surface area contributed by atoms with Gasteiger partial charge in [0.15, 0.2) is 0 Å². The number of aromatic hydroxyl groups is 1. The lowest BCUT2D eigenvalue weighted by Gasteiger charge is -2.23. The molecule has 3 nitrogen and oxygen atoms in total. The van der Waals surface area contributed by atoms with Crippen molar-refractivity contribution in [3.8, 4) is 5.75 Å². The molecule has 0 saturated heterocycles. The number of hydrogen-bond acceptors (Lipinski definition) is 2. The van der Waals surface area contributed by atoms with Gasteiger partial charge in [-0.1, -0.05) is 33.6 Å². The Kier molecular flexibility index (Phi) is 4.91.